The predicted molar refractivity (Wildman–Crippen MR) is 92.1 cm³/mol. The lowest BCUT2D eigenvalue weighted by Gasteiger charge is -2.12. The van der Waals surface area contributed by atoms with Crippen LogP contribution < -0.4 is 27.2 Å². The van der Waals surface area contributed by atoms with Gasteiger partial charge in [0, 0.05) is 12.6 Å². The lowest BCUT2D eigenvalue weighted by molar-refractivity contribution is -0.00000606. The second kappa shape index (κ2) is 8.16. The zero-order chi connectivity index (χ0) is 17.1. The third-order valence-electron chi connectivity index (χ3n) is 4.04. The maximum atomic E-state index is 5.90. The molecule has 7 nitrogen and oxygen atoms in total. The number of para-hydroxylation sites is 1. The van der Waals surface area contributed by atoms with Crippen LogP contribution in [-0.4, -0.2) is 33.4 Å². The molecule has 136 valence electrons. The van der Waals surface area contributed by atoms with Crippen LogP contribution in [0.5, 0.6) is 17.5 Å². The summed E-state index contributed by atoms with van der Waals surface area (Å²) in [5.74, 6) is 1.22. The van der Waals surface area contributed by atoms with E-state index in [-0.39, 0.29) is 18.4 Å². The molecule has 0 atom stereocenters. The van der Waals surface area contributed by atoms with Crippen molar-refractivity contribution in [2.75, 3.05) is 7.11 Å². The summed E-state index contributed by atoms with van der Waals surface area (Å²) in [4.78, 5) is 0. The van der Waals surface area contributed by atoms with Crippen molar-refractivity contribution in [1.82, 2.24) is 25.5 Å². The number of aromatic nitrogens is 4. The minimum absolute atomic E-state index is 0. The van der Waals surface area contributed by atoms with Gasteiger partial charge in [0.05, 0.1) is 12.8 Å². The summed E-state index contributed by atoms with van der Waals surface area (Å²) in [6, 6.07) is 16.4. The Labute approximate surface area is 157 Å². The lowest BCUT2D eigenvalue weighted by Crippen LogP contribution is -3.00. The number of rotatable bonds is 7. The zero-order valence-electron chi connectivity index (χ0n) is 14.3. The average Bonchev–Trinajstić information content (AvgIpc) is 3.38. The van der Waals surface area contributed by atoms with Gasteiger partial charge < -0.3 is 27.2 Å². The average molecular weight is 373 g/mol. The molecule has 2 aromatic carbocycles. The smallest absolute Gasteiger partial charge is 0.346 e. The fourth-order valence-corrected chi connectivity index (χ4v) is 2.53. The van der Waals surface area contributed by atoms with Crippen LogP contribution in [0.2, 0.25) is 0 Å². The first-order valence-electron chi connectivity index (χ1n) is 8.25. The van der Waals surface area contributed by atoms with Crippen molar-refractivity contribution in [2.45, 2.75) is 25.4 Å². The largest absolute Gasteiger partial charge is 1.00 e. The fourth-order valence-electron chi connectivity index (χ4n) is 2.53. The number of nitrogens with one attached hydrogen (secondary N) is 1. The van der Waals surface area contributed by atoms with Gasteiger partial charge in [-0.25, -0.2) is 0 Å². The standard InChI is InChI=1S/C18H19N5O2.ClH/c1-24-17-11-13(12-19-14-8-9-14)7-10-16(17)25-18-20-21-22-23(18)15-5-3-2-4-6-15;/h2-7,10-11,14,19H,8-9,12H2,1H3;1H/p-1. The number of hydrogen-bond donors (Lipinski definition) is 1. The third-order valence-corrected chi connectivity index (χ3v) is 4.04. The van der Waals surface area contributed by atoms with E-state index in [0.717, 1.165) is 17.8 Å². The molecule has 1 aliphatic rings. The van der Waals surface area contributed by atoms with Crippen molar-refractivity contribution in [3.05, 3.63) is 54.1 Å². The Morgan fingerprint density at radius 1 is 1.12 bits per heavy atom. The highest BCUT2D eigenvalue weighted by Gasteiger charge is 2.20. The fraction of sp³-hybridized carbons (Fsp3) is 0.278. The number of ether oxygens (including phenoxy) is 2. The van der Waals surface area contributed by atoms with E-state index < -0.39 is 0 Å². The SMILES string of the molecule is COc1cc(CNC2CC2)ccc1Oc1nnnn1-c1ccccc1.[Cl-]. The molecule has 0 bridgehead atoms. The predicted octanol–water partition coefficient (Wildman–Crippen LogP) is -0.281. The molecule has 4 rings (SSSR count). The number of benzene rings is 2. The van der Waals surface area contributed by atoms with Crippen molar-refractivity contribution < 1.29 is 21.9 Å². The lowest BCUT2D eigenvalue weighted by atomic mass is 10.2. The minimum Gasteiger partial charge on any atom is -1.00 e. The maximum Gasteiger partial charge on any atom is 0.346 e. The van der Waals surface area contributed by atoms with E-state index in [1.54, 1.807) is 11.8 Å². The molecule has 0 spiro atoms. The summed E-state index contributed by atoms with van der Waals surface area (Å²) >= 11 is 0. The van der Waals surface area contributed by atoms with Crippen LogP contribution in [0.1, 0.15) is 18.4 Å². The number of methoxy groups -OCH3 is 1. The van der Waals surface area contributed by atoms with E-state index in [1.807, 2.05) is 48.5 Å². The Balaban J connectivity index is 0.00000196. The quantitative estimate of drug-likeness (QED) is 0.615. The van der Waals surface area contributed by atoms with Crippen molar-refractivity contribution in [1.29, 1.82) is 0 Å². The van der Waals surface area contributed by atoms with E-state index in [9.17, 15) is 0 Å². The normalized spacial score (nSPS) is 13.1. The van der Waals surface area contributed by atoms with E-state index in [4.69, 9.17) is 9.47 Å². The number of tetrazole rings is 1. The van der Waals surface area contributed by atoms with Crippen LogP contribution in [0.15, 0.2) is 48.5 Å². The summed E-state index contributed by atoms with van der Waals surface area (Å²) in [5.41, 5.74) is 1.98. The monoisotopic (exact) mass is 372 g/mol. The van der Waals surface area contributed by atoms with Crippen LogP contribution in [0, 0.1) is 0 Å². The van der Waals surface area contributed by atoms with Gasteiger partial charge in [0.25, 0.3) is 0 Å². The van der Waals surface area contributed by atoms with Crippen molar-refractivity contribution in [3.8, 4) is 23.2 Å². The van der Waals surface area contributed by atoms with Gasteiger partial charge in [-0.1, -0.05) is 29.4 Å². The molecule has 26 heavy (non-hydrogen) atoms. The summed E-state index contributed by atoms with van der Waals surface area (Å²) in [7, 11) is 1.63. The molecule has 1 aromatic heterocycles. The molecular formula is C18H19ClN5O2-. The molecule has 0 aliphatic heterocycles. The minimum atomic E-state index is 0. The number of nitrogens with zero attached hydrogens (tertiary/aromatic N) is 4. The van der Waals surface area contributed by atoms with Gasteiger partial charge in [-0.05, 0) is 53.1 Å². The molecule has 1 heterocycles. The Morgan fingerprint density at radius 2 is 1.92 bits per heavy atom. The maximum absolute atomic E-state index is 5.90. The molecule has 0 radical (unpaired) electrons. The molecule has 0 saturated heterocycles. The van der Waals surface area contributed by atoms with E-state index in [2.05, 4.69) is 20.8 Å². The highest BCUT2D eigenvalue weighted by molar-refractivity contribution is 5.44. The molecule has 3 aromatic rings. The van der Waals surface area contributed by atoms with Crippen molar-refractivity contribution in [3.63, 3.8) is 0 Å². The second-order valence-corrected chi connectivity index (χ2v) is 5.95. The molecule has 1 N–H and O–H groups in total. The molecule has 0 amide bonds. The highest BCUT2D eigenvalue weighted by Crippen LogP contribution is 2.32. The third kappa shape index (κ3) is 4.12. The zero-order valence-corrected chi connectivity index (χ0v) is 15.1. The topological polar surface area (TPSA) is 74.1 Å². The highest BCUT2D eigenvalue weighted by atomic mass is 35.5. The molecule has 0 unspecified atom stereocenters. The summed E-state index contributed by atoms with van der Waals surface area (Å²) in [6.07, 6.45) is 2.53. The summed E-state index contributed by atoms with van der Waals surface area (Å²) in [5, 5.41) is 15.2. The Hall–Kier alpha value is -2.64. The summed E-state index contributed by atoms with van der Waals surface area (Å²) < 4.78 is 12.9. The van der Waals surface area contributed by atoms with Crippen molar-refractivity contribution in [2.24, 2.45) is 0 Å². The van der Waals surface area contributed by atoms with Crippen LogP contribution in [0.3, 0.4) is 0 Å². The first kappa shape index (κ1) is 18.2. The molecule has 1 aliphatic carbocycles. The molecule has 1 saturated carbocycles. The van der Waals surface area contributed by atoms with Crippen LogP contribution in [0.25, 0.3) is 5.69 Å². The Kier molecular flexibility index (Phi) is 5.70. The Bertz CT molecular complexity index is 852. The van der Waals surface area contributed by atoms with Gasteiger partial charge in [0.15, 0.2) is 11.5 Å². The van der Waals surface area contributed by atoms with Crippen LogP contribution >= 0.6 is 0 Å². The van der Waals surface area contributed by atoms with E-state index in [1.165, 1.54) is 12.8 Å². The van der Waals surface area contributed by atoms with Gasteiger partial charge in [0.1, 0.15) is 0 Å². The van der Waals surface area contributed by atoms with Gasteiger partial charge in [0.2, 0.25) is 0 Å². The molecule has 1 fully saturated rings. The summed E-state index contributed by atoms with van der Waals surface area (Å²) in [6.45, 7) is 0.822. The second-order valence-electron chi connectivity index (χ2n) is 5.95. The molecule has 8 heteroatoms. The first-order valence-corrected chi connectivity index (χ1v) is 8.25. The molecular weight excluding hydrogens is 354 g/mol. The van der Waals surface area contributed by atoms with E-state index in [0.29, 0.717) is 17.5 Å². The van der Waals surface area contributed by atoms with Crippen molar-refractivity contribution >= 4 is 0 Å². The Morgan fingerprint density at radius 3 is 2.65 bits per heavy atom. The first-order chi connectivity index (χ1) is 12.3. The van der Waals surface area contributed by atoms with Gasteiger partial charge >= 0.3 is 6.01 Å². The van der Waals surface area contributed by atoms with Crippen LogP contribution in [-0.2, 0) is 6.54 Å². The van der Waals surface area contributed by atoms with E-state index >= 15 is 0 Å². The number of halogens is 1. The van der Waals surface area contributed by atoms with Gasteiger partial charge in [-0.3, -0.25) is 0 Å². The van der Waals surface area contributed by atoms with Gasteiger partial charge in [-0.15, -0.1) is 0 Å². The van der Waals surface area contributed by atoms with Crippen LogP contribution in [0.4, 0.5) is 0 Å². The van der Waals surface area contributed by atoms with Gasteiger partial charge in [-0.2, -0.15) is 4.68 Å². The number of hydrogen-bond acceptors (Lipinski definition) is 6.